The number of nitrogens with one attached hydrogen (secondary N) is 1. The van der Waals surface area contributed by atoms with E-state index in [0.29, 0.717) is 11.2 Å². The lowest BCUT2D eigenvalue weighted by molar-refractivity contribution is 0.0685. The number of rotatable bonds is 2. The Balaban J connectivity index is 2.19. The summed E-state index contributed by atoms with van der Waals surface area (Å²) in [4.78, 5) is 13.9. The maximum atomic E-state index is 13.1. The molecule has 0 bridgehead atoms. The van der Waals surface area contributed by atoms with E-state index in [1.165, 1.54) is 22.9 Å². The van der Waals surface area contributed by atoms with E-state index in [-0.39, 0.29) is 11.5 Å². The summed E-state index contributed by atoms with van der Waals surface area (Å²) in [5.41, 5.74) is 2.04. The Kier molecular flexibility index (Phi) is 2.38. The first kappa shape index (κ1) is 11.5. The Labute approximate surface area is 107 Å². The number of aromatic nitrogens is 3. The van der Waals surface area contributed by atoms with Gasteiger partial charge >= 0.3 is 5.97 Å². The first-order valence-electron chi connectivity index (χ1n) is 5.60. The lowest BCUT2D eigenvalue weighted by Gasteiger charge is -1.94. The van der Waals surface area contributed by atoms with Gasteiger partial charge in [-0.3, -0.25) is 4.68 Å². The zero-order chi connectivity index (χ0) is 13.6. The first-order chi connectivity index (χ1) is 9.06. The van der Waals surface area contributed by atoms with Crippen molar-refractivity contribution in [2.75, 3.05) is 0 Å². The molecular formula is C13H10FN3O2. The number of carbonyl (C=O) groups is 1. The number of carboxylic acid groups (broad SMARTS) is 1. The molecule has 2 N–H and O–H groups in total. The van der Waals surface area contributed by atoms with Crippen molar-refractivity contribution < 1.29 is 14.3 Å². The van der Waals surface area contributed by atoms with E-state index in [0.717, 1.165) is 10.9 Å². The molecule has 0 atom stereocenters. The lowest BCUT2D eigenvalue weighted by atomic mass is 10.1. The van der Waals surface area contributed by atoms with Crippen LogP contribution in [0.2, 0.25) is 0 Å². The second-order valence-corrected chi connectivity index (χ2v) is 4.24. The van der Waals surface area contributed by atoms with Crippen LogP contribution < -0.4 is 0 Å². The summed E-state index contributed by atoms with van der Waals surface area (Å²) < 4.78 is 14.4. The van der Waals surface area contributed by atoms with Gasteiger partial charge in [-0.25, -0.2) is 9.18 Å². The molecule has 19 heavy (non-hydrogen) atoms. The summed E-state index contributed by atoms with van der Waals surface area (Å²) in [6.07, 6.45) is 1.69. The van der Waals surface area contributed by atoms with Gasteiger partial charge in [-0.05, 0) is 24.3 Å². The highest BCUT2D eigenvalue weighted by atomic mass is 19.1. The van der Waals surface area contributed by atoms with Crippen LogP contribution in [-0.4, -0.2) is 25.8 Å². The quantitative estimate of drug-likeness (QED) is 0.742. The fourth-order valence-electron chi connectivity index (χ4n) is 2.11. The van der Waals surface area contributed by atoms with Crippen LogP contribution in [0.1, 0.15) is 10.5 Å². The van der Waals surface area contributed by atoms with E-state index >= 15 is 0 Å². The smallest absolute Gasteiger partial charge is 0.354 e. The molecule has 3 rings (SSSR count). The molecule has 2 heterocycles. The molecule has 5 nitrogen and oxygen atoms in total. The molecule has 0 unspecified atom stereocenters. The maximum absolute atomic E-state index is 13.1. The monoisotopic (exact) mass is 259 g/mol. The highest BCUT2D eigenvalue weighted by Gasteiger charge is 2.15. The SMILES string of the molecule is Cn1nc(-c2c[nH]c3cc(F)ccc23)cc1C(=O)O. The maximum Gasteiger partial charge on any atom is 0.354 e. The number of hydrogen-bond donors (Lipinski definition) is 2. The molecule has 96 valence electrons. The van der Waals surface area contributed by atoms with Gasteiger partial charge in [-0.1, -0.05) is 0 Å². The number of aromatic amines is 1. The number of hydrogen-bond acceptors (Lipinski definition) is 2. The number of fused-ring (bicyclic) bond motifs is 1. The van der Waals surface area contributed by atoms with Crippen molar-refractivity contribution >= 4 is 16.9 Å². The fraction of sp³-hybridized carbons (Fsp3) is 0.0769. The second-order valence-electron chi connectivity index (χ2n) is 4.24. The van der Waals surface area contributed by atoms with Crippen molar-refractivity contribution in [2.24, 2.45) is 7.05 Å². The van der Waals surface area contributed by atoms with Crippen molar-refractivity contribution in [3.63, 3.8) is 0 Å². The minimum absolute atomic E-state index is 0.103. The Morgan fingerprint density at radius 1 is 1.42 bits per heavy atom. The summed E-state index contributed by atoms with van der Waals surface area (Å²) >= 11 is 0. The Morgan fingerprint density at radius 2 is 2.21 bits per heavy atom. The van der Waals surface area contributed by atoms with E-state index in [1.54, 1.807) is 19.3 Å². The number of aromatic carboxylic acids is 1. The third kappa shape index (κ3) is 1.77. The number of H-pyrrole nitrogens is 1. The normalized spacial score (nSPS) is 11.1. The van der Waals surface area contributed by atoms with Crippen molar-refractivity contribution in [3.05, 3.63) is 42.0 Å². The summed E-state index contributed by atoms with van der Waals surface area (Å²) in [5.74, 6) is -1.36. The molecule has 0 fully saturated rings. The summed E-state index contributed by atoms with van der Waals surface area (Å²) in [6.45, 7) is 0. The van der Waals surface area contributed by atoms with Crippen molar-refractivity contribution in [1.82, 2.24) is 14.8 Å². The van der Waals surface area contributed by atoms with Crippen molar-refractivity contribution in [2.45, 2.75) is 0 Å². The third-order valence-electron chi connectivity index (χ3n) is 3.02. The van der Waals surface area contributed by atoms with Gasteiger partial charge in [0.05, 0.1) is 5.69 Å². The van der Waals surface area contributed by atoms with E-state index < -0.39 is 5.97 Å². The molecule has 0 saturated carbocycles. The van der Waals surface area contributed by atoms with Gasteiger partial charge in [0.2, 0.25) is 0 Å². The van der Waals surface area contributed by atoms with Gasteiger partial charge in [0.1, 0.15) is 11.5 Å². The predicted octanol–water partition coefficient (Wildman–Crippen LogP) is 2.41. The van der Waals surface area contributed by atoms with Crippen LogP contribution in [-0.2, 0) is 7.05 Å². The Morgan fingerprint density at radius 3 is 2.89 bits per heavy atom. The molecular weight excluding hydrogens is 249 g/mol. The molecule has 6 heteroatoms. The van der Waals surface area contributed by atoms with Crippen LogP contribution in [0.4, 0.5) is 4.39 Å². The van der Waals surface area contributed by atoms with E-state index in [1.807, 2.05) is 0 Å². The topological polar surface area (TPSA) is 70.9 Å². The van der Waals surface area contributed by atoms with Gasteiger partial charge in [0.15, 0.2) is 0 Å². The number of halogens is 1. The Bertz CT molecular complexity index is 788. The number of nitrogens with zero attached hydrogens (tertiary/aromatic N) is 2. The van der Waals surface area contributed by atoms with Crippen molar-refractivity contribution in [3.8, 4) is 11.3 Å². The molecule has 3 aromatic rings. The molecule has 0 saturated heterocycles. The summed E-state index contributed by atoms with van der Waals surface area (Å²) in [7, 11) is 1.57. The first-order valence-corrected chi connectivity index (χ1v) is 5.60. The van der Waals surface area contributed by atoms with E-state index in [4.69, 9.17) is 5.11 Å². The molecule has 0 aliphatic heterocycles. The summed E-state index contributed by atoms with van der Waals surface area (Å²) in [6, 6.07) is 5.89. The van der Waals surface area contributed by atoms with Crippen molar-refractivity contribution in [1.29, 1.82) is 0 Å². The number of aryl methyl sites for hydroxylation is 1. The second kappa shape index (κ2) is 3.94. The fourth-order valence-corrected chi connectivity index (χ4v) is 2.11. The minimum Gasteiger partial charge on any atom is -0.477 e. The van der Waals surface area contributed by atoms with Crippen LogP contribution in [0.3, 0.4) is 0 Å². The van der Waals surface area contributed by atoms with Crippen LogP contribution in [0.15, 0.2) is 30.5 Å². The van der Waals surface area contributed by atoms with Gasteiger partial charge in [-0.2, -0.15) is 5.10 Å². The van der Waals surface area contributed by atoms with Gasteiger partial charge in [0.25, 0.3) is 0 Å². The van der Waals surface area contributed by atoms with Crippen LogP contribution in [0.5, 0.6) is 0 Å². The Hall–Kier alpha value is -2.63. The number of benzene rings is 1. The van der Waals surface area contributed by atoms with Crippen LogP contribution in [0.25, 0.3) is 22.2 Å². The predicted molar refractivity (Wildman–Crippen MR) is 67.4 cm³/mol. The molecule has 1 aromatic carbocycles. The molecule has 2 aromatic heterocycles. The van der Waals surface area contributed by atoms with E-state index in [9.17, 15) is 9.18 Å². The van der Waals surface area contributed by atoms with Gasteiger partial charge < -0.3 is 10.1 Å². The lowest BCUT2D eigenvalue weighted by Crippen LogP contribution is -2.04. The van der Waals surface area contributed by atoms with Gasteiger partial charge in [0, 0.05) is 29.7 Å². The zero-order valence-electron chi connectivity index (χ0n) is 10.0. The largest absolute Gasteiger partial charge is 0.477 e. The highest BCUT2D eigenvalue weighted by molar-refractivity contribution is 5.96. The molecule has 0 spiro atoms. The van der Waals surface area contributed by atoms with Gasteiger partial charge in [-0.15, -0.1) is 0 Å². The third-order valence-corrected chi connectivity index (χ3v) is 3.02. The highest BCUT2D eigenvalue weighted by Crippen LogP contribution is 2.28. The minimum atomic E-state index is -1.04. The van der Waals surface area contributed by atoms with Crippen LogP contribution in [0, 0.1) is 5.82 Å². The average molecular weight is 259 g/mol. The molecule has 0 aliphatic carbocycles. The molecule has 0 aliphatic rings. The van der Waals surface area contributed by atoms with Crippen LogP contribution >= 0.6 is 0 Å². The molecule has 0 amide bonds. The number of carboxylic acids is 1. The van der Waals surface area contributed by atoms with E-state index in [2.05, 4.69) is 10.1 Å². The summed E-state index contributed by atoms with van der Waals surface area (Å²) in [5, 5.41) is 14.0. The standard InChI is InChI=1S/C13H10FN3O2/c1-17-12(13(18)19)5-11(16-17)9-6-15-10-4-7(14)2-3-8(9)10/h2-6,15H,1H3,(H,18,19). The zero-order valence-corrected chi connectivity index (χ0v) is 10.0. The average Bonchev–Trinajstić information content (AvgIpc) is 2.91. The molecule has 0 radical (unpaired) electrons.